The van der Waals surface area contributed by atoms with Crippen LogP contribution in [0, 0.1) is 13.8 Å². The topological polar surface area (TPSA) is 80.2 Å². The molecule has 1 amide bonds. The maximum Gasteiger partial charge on any atom is 0.253 e. The van der Waals surface area contributed by atoms with Crippen molar-refractivity contribution in [1.82, 2.24) is 19.9 Å². The Morgan fingerprint density at radius 1 is 0.892 bits per heavy atom. The van der Waals surface area contributed by atoms with E-state index in [1.807, 2.05) is 79.4 Å². The van der Waals surface area contributed by atoms with Gasteiger partial charge in [-0.2, -0.15) is 0 Å². The van der Waals surface area contributed by atoms with Gasteiger partial charge in [-0.1, -0.05) is 25.0 Å². The first kappa shape index (κ1) is 24.4. The van der Waals surface area contributed by atoms with Crippen LogP contribution in [0.2, 0.25) is 0 Å². The molecule has 1 aliphatic heterocycles. The second kappa shape index (κ2) is 11.2. The number of nitrogens with zero attached hydrogens (tertiary/aromatic N) is 4. The van der Waals surface area contributed by atoms with Crippen molar-refractivity contribution < 1.29 is 9.53 Å². The molecule has 188 valence electrons. The third-order valence-electron chi connectivity index (χ3n) is 6.57. The molecule has 1 fully saturated rings. The Morgan fingerprint density at radius 3 is 2.51 bits per heavy atom. The van der Waals surface area contributed by atoms with E-state index < -0.39 is 0 Å². The fourth-order valence-electron chi connectivity index (χ4n) is 4.45. The molecule has 3 aromatic heterocycles. The Morgan fingerprint density at radius 2 is 1.73 bits per heavy atom. The van der Waals surface area contributed by atoms with Gasteiger partial charge in [-0.15, -0.1) is 0 Å². The molecule has 0 aliphatic carbocycles. The Hall–Kier alpha value is -4.26. The van der Waals surface area contributed by atoms with Gasteiger partial charge in [0.2, 0.25) is 0 Å². The molecule has 1 aromatic carbocycles. The summed E-state index contributed by atoms with van der Waals surface area (Å²) in [5.74, 6) is 1.95. The number of hydrogen-bond acceptors (Lipinski definition) is 6. The number of ether oxygens (including phenoxy) is 1. The summed E-state index contributed by atoms with van der Waals surface area (Å²) >= 11 is 0. The predicted octanol–water partition coefficient (Wildman–Crippen LogP) is 6.71. The van der Waals surface area contributed by atoms with Crippen molar-refractivity contribution in [2.24, 2.45) is 0 Å². The summed E-state index contributed by atoms with van der Waals surface area (Å²) in [7, 11) is 0. The van der Waals surface area contributed by atoms with Gasteiger partial charge in [-0.25, -0.2) is 9.97 Å². The van der Waals surface area contributed by atoms with Crippen molar-refractivity contribution in [1.29, 1.82) is 0 Å². The number of aryl methyl sites for hydroxylation is 2. The lowest BCUT2D eigenvalue weighted by molar-refractivity contribution is 0.0761. The summed E-state index contributed by atoms with van der Waals surface area (Å²) in [5, 5.41) is 3.32. The summed E-state index contributed by atoms with van der Waals surface area (Å²) in [6, 6.07) is 18.9. The number of likely N-dealkylation sites (tertiary alicyclic amines) is 1. The number of carbonyl (C=O) groups is 1. The summed E-state index contributed by atoms with van der Waals surface area (Å²) in [6.45, 7) is 5.64. The minimum Gasteiger partial charge on any atom is -0.455 e. The van der Waals surface area contributed by atoms with Crippen LogP contribution in [-0.2, 0) is 0 Å². The molecule has 0 atom stereocenters. The second-order valence-electron chi connectivity index (χ2n) is 9.34. The van der Waals surface area contributed by atoms with Gasteiger partial charge in [0.15, 0.2) is 5.75 Å². The van der Waals surface area contributed by atoms with E-state index in [2.05, 4.69) is 15.3 Å². The second-order valence-corrected chi connectivity index (χ2v) is 9.34. The first-order valence-electron chi connectivity index (χ1n) is 12.8. The molecular weight excluding hydrogens is 462 g/mol. The van der Waals surface area contributed by atoms with Gasteiger partial charge in [0.05, 0.1) is 5.69 Å². The first-order valence-corrected chi connectivity index (χ1v) is 12.8. The lowest BCUT2D eigenvalue weighted by Gasteiger charge is -2.20. The van der Waals surface area contributed by atoms with E-state index in [9.17, 15) is 4.79 Å². The Bertz CT molecular complexity index is 1380. The van der Waals surface area contributed by atoms with Crippen LogP contribution in [0.5, 0.6) is 11.5 Å². The van der Waals surface area contributed by atoms with Crippen LogP contribution in [0.3, 0.4) is 0 Å². The molecular formula is C30H31N5O2. The molecule has 1 saturated heterocycles. The van der Waals surface area contributed by atoms with Gasteiger partial charge < -0.3 is 15.0 Å². The van der Waals surface area contributed by atoms with Crippen LogP contribution >= 0.6 is 0 Å². The van der Waals surface area contributed by atoms with Crippen molar-refractivity contribution in [3.05, 3.63) is 89.9 Å². The number of nitrogens with one attached hydrogen (secondary N) is 1. The van der Waals surface area contributed by atoms with E-state index in [0.29, 0.717) is 28.6 Å². The maximum atomic E-state index is 13.1. The molecule has 0 radical (unpaired) electrons. The van der Waals surface area contributed by atoms with Crippen LogP contribution in [-0.4, -0.2) is 38.8 Å². The van der Waals surface area contributed by atoms with Crippen molar-refractivity contribution >= 4 is 17.4 Å². The van der Waals surface area contributed by atoms with Gasteiger partial charge in [0.25, 0.3) is 5.91 Å². The highest BCUT2D eigenvalue weighted by Gasteiger charge is 2.18. The van der Waals surface area contributed by atoms with E-state index in [1.165, 1.54) is 12.8 Å². The summed E-state index contributed by atoms with van der Waals surface area (Å²) < 4.78 is 6.29. The van der Waals surface area contributed by atoms with Gasteiger partial charge >= 0.3 is 0 Å². The molecule has 0 unspecified atom stereocenters. The van der Waals surface area contributed by atoms with Crippen molar-refractivity contribution in [2.45, 2.75) is 39.5 Å². The average Bonchev–Trinajstić information content (AvgIpc) is 3.21. The van der Waals surface area contributed by atoms with E-state index in [4.69, 9.17) is 9.72 Å². The standard InChI is InChI=1S/C30H31N5O2/c1-21-18-27(29(33-22(21)2)26-12-5-6-14-31-26)37-25-13-15-32-28(20-25)34-24-11-9-10-23(19-24)30(36)35-16-7-3-4-8-17-35/h5-6,9-15,18-20H,3-4,7-8,16-17H2,1-2H3,(H,32,34). The van der Waals surface area contributed by atoms with Crippen LogP contribution in [0.1, 0.15) is 47.3 Å². The molecule has 0 spiro atoms. The van der Waals surface area contributed by atoms with Crippen LogP contribution < -0.4 is 10.1 Å². The van der Waals surface area contributed by atoms with Crippen molar-refractivity contribution in [3.63, 3.8) is 0 Å². The third-order valence-corrected chi connectivity index (χ3v) is 6.57. The fraction of sp³-hybridized carbons (Fsp3) is 0.267. The van der Waals surface area contributed by atoms with Gasteiger partial charge in [-0.05, 0) is 74.7 Å². The number of rotatable bonds is 6. The van der Waals surface area contributed by atoms with E-state index in [1.54, 1.807) is 12.4 Å². The van der Waals surface area contributed by atoms with E-state index in [0.717, 1.165) is 48.6 Å². The number of pyridine rings is 3. The molecule has 1 aliphatic rings. The number of hydrogen-bond donors (Lipinski definition) is 1. The quantitative estimate of drug-likeness (QED) is 0.322. The molecule has 4 heterocycles. The Kier molecular flexibility index (Phi) is 7.40. The lowest BCUT2D eigenvalue weighted by atomic mass is 10.1. The Balaban J connectivity index is 1.35. The predicted molar refractivity (Wildman–Crippen MR) is 145 cm³/mol. The fourth-order valence-corrected chi connectivity index (χ4v) is 4.45. The van der Waals surface area contributed by atoms with Gasteiger partial charge in [0.1, 0.15) is 17.3 Å². The largest absolute Gasteiger partial charge is 0.455 e. The minimum absolute atomic E-state index is 0.0832. The maximum absolute atomic E-state index is 13.1. The zero-order valence-corrected chi connectivity index (χ0v) is 21.3. The highest BCUT2D eigenvalue weighted by atomic mass is 16.5. The SMILES string of the molecule is Cc1cc(Oc2ccnc(Nc3cccc(C(=O)N4CCCCCC4)c3)c2)c(-c2ccccn2)nc1C. The average molecular weight is 494 g/mol. The molecule has 7 heteroatoms. The Labute approximate surface area is 217 Å². The van der Waals surface area contributed by atoms with E-state index in [-0.39, 0.29) is 5.91 Å². The number of aromatic nitrogens is 3. The summed E-state index contributed by atoms with van der Waals surface area (Å²) in [4.78, 5) is 28.7. The normalized spacial score (nSPS) is 13.6. The molecule has 7 nitrogen and oxygen atoms in total. The minimum atomic E-state index is 0.0832. The molecule has 0 bridgehead atoms. The third kappa shape index (κ3) is 5.94. The molecule has 5 rings (SSSR count). The van der Waals surface area contributed by atoms with Crippen molar-refractivity contribution in [3.8, 4) is 22.9 Å². The van der Waals surface area contributed by atoms with Crippen LogP contribution in [0.15, 0.2) is 73.1 Å². The molecule has 1 N–H and O–H groups in total. The van der Waals surface area contributed by atoms with Crippen LogP contribution in [0.4, 0.5) is 11.5 Å². The number of anilines is 2. The number of benzene rings is 1. The zero-order valence-electron chi connectivity index (χ0n) is 21.3. The smallest absolute Gasteiger partial charge is 0.253 e. The zero-order chi connectivity index (χ0) is 25.6. The van der Waals surface area contributed by atoms with Gasteiger partial charge in [-0.3, -0.25) is 9.78 Å². The van der Waals surface area contributed by atoms with Gasteiger partial charge in [0, 0.05) is 48.5 Å². The first-order chi connectivity index (χ1) is 18.1. The monoisotopic (exact) mass is 493 g/mol. The number of carbonyl (C=O) groups excluding carboxylic acids is 1. The molecule has 0 saturated carbocycles. The van der Waals surface area contributed by atoms with Crippen LogP contribution in [0.25, 0.3) is 11.4 Å². The molecule has 37 heavy (non-hydrogen) atoms. The summed E-state index contributed by atoms with van der Waals surface area (Å²) in [5.41, 5.74) is 4.88. The lowest BCUT2D eigenvalue weighted by Crippen LogP contribution is -2.31. The highest BCUT2D eigenvalue weighted by Crippen LogP contribution is 2.33. The summed E-state index contributed by atoms with van der Waals surface area (Å²) in [6.07, 6.45) is 7.96. The van der Waals surface area contributed by atoms with E-state index >= 15 is 0 Å². The number of amides is 1. The highest BCUT2D eigenvalue weighted by molar-refractivity contribution is 5.95. The van der Waals surface area contributed by atoms with Crippen molar-refractivity contribution in [2.75, 3.05) is 18.4 Å². The molecule has 4 aromatic rings.